The normalized spacial score (nSPS) is 24.5. The molecule has 0 N–H and O–H groups in total. The Kier molecular flexibility index (Phi) is 6.64. The maximum Gasteiger partial charge on any atom is 0.233 e. The third-order valence-electron chi connectivity index (χ3n) is 5.59. The molecule has 0 saturated carbocycles. The van der Waals surface area contributed by atoms with E-state index < -0.39 is 0 Å². The van der Waals surface area contributed by atoms with Crippen LogP contribution < -0.4 is 0 Å². The summed E-state index contributed by atoms with van der Waals surface area (Å²) in [4.78, 5) is 40.0. The molecule has 5 heteroatoms. The first-order valence-corrected chi connectivity index (χ1v) is 9.82. The van der Waals surface area contributed by atoms with Gasteiger partial charge in [0.25, 0.3) is 0 Å². The molecule has 5 nitrogen and oxygen atoms in total. The zero-order valence-corrected chi connectivity index (χ0v) is 16.3. The predicted molar refractivity (Wildman–Crippen MR) is 97.7 cm³/mol. The molecule has 2 rings (SSSR count). The quantitative estimate of drug-likeness (QED) is 0.523. The number of unbranched alkanes of at least 4 members (excludes halogenated alkanes) is 3. The minimum Gasteiger partial charge on any atom is -0.342 e. The zero-order chi connectivity index (χ0) is 18.6. The van der Waals surface area contributed by atoms with Crippen LogP contribution >= 0.6 is 0 Å². The first-order chi connectivity index (χ1) is 11.7. The van der Waals surface area contributed by atoms with Crippen LogP contribution in [0, 0.1) is 17.3 Å². The average Bonchev–Trinajstić information content (AvgIpc) is 3.07. The fourth-order valence-corrected chi connectivity index (χ4v) is 3.81. The lowest BCUT2D eigenvalue weighted by atomic mass is 9.80. The van der Waals surface area contributed by atoms with Gasteiger partial charge in [-0.25, -0.2) is 0 Å². The lowest BCUT2D eigenvalue weighted by Crippen LogP contribution is -2.34. The van der Waals surface area contributed by atoms with Crippen molar-refractivity contribution < 1.29 is 14.4 Å². The molecule has 0 aliphatic carbocycles. The van der Waals surface area contributed by atoms with Gasteiger partial charge < -0.3 is 4.90 Å². The fourth-order valence-electron chi connectivity index (χ4n) is 3.81. The summed E-state index contributed by atoms with van der Waals surface area (Å²) in [5.41, 5.74) is -0.158. The topological polar surface area (TPSA) is 57.7 Å². The van der Waals surface area contributed by atoms with E-state index in [2.05, 4.69) is 6.92 Å². The number of hydrogen-bond acceptors (Lipinski definition) is 3. The third kappa shape index (κ3) is 5.29. The number of amides is 3. The van der Waals surface area contributed by atoms with Crippen LogP contribution in [-0.4, -0.2) is 47.2 Å². The van der Waals surface area contributed by atoms with Gasteiger partial charge in [0.05, 0.1) is 5.92 Å². The molecule has 2 fully saturated rings. The Balaban J connectivity index is 1.61. The van der Waals surface area contributed by atoms with E-state index in [-0.39, 0.29) is 29.1 Å². The van der Waals surface area contributed by atoms with Crippen molar-refractivity contribution in [1.29, 1.82) is 0 Å². The Labute approximate surface area is 152 Å². The Morgan fingerprint density at radius 3 is 2.36 bits per heavy atom. The number of carbonyl (C=O) groups is 3. The molecule has 2 saturated heterocycles. The van der Waals surface area contributed by atoms with Gasteiger partial charge in [0.15, 0.2) is 0 Å². The number of hydrogen-bond donors (Lipinski definition) is 0. The first kappa shape index (κ1) is 19.9. The summed E-state index contributed by atoms with van der Waals surface area (Å²) >= 11 is 0. The van der Waals surface area contributed by atoms with Gasteiger partial charge >= 0.3 is 0 Å². The molecule has 1 unspecified atom stereocenters. The molecule has 0 aromatic carbocycles. The summed E-state index contributed by atoms with van der Waals surface area (Å²) in [7, 11) is 0. The van der Waals surface area contributed by atoms with E-state index in [1.54, 1.807) is 0 Å². The van der Waals surface area contributed by atoms with Crippen LogP contribution in [0.15, 0.2) is 0 Å². The van der Waals surface area contributed by atoms with Gasteiger partial charge in [-0.3, -0.25) is 19.3 Å². The summed E-state index contributed by atoms with van der Waals surface area (Å²) in [6, 6.07) is 0. The molecule has 0 aromatic rings. The second-order valence-electron chi connectivity index (χ2n) is 8.90. The molecule has 0 bridgehead atoms. The average molecular weight is 351 g/mol. The molecule has 0 radical (unpaired) electrons. The minimum atomic E-state index is -0.180. The lowest BCUT2D eigenvalue weighted by Gasteiger charge is -2.24. The smallest absolute Gasteiger partial charge is 0.233 e. The standard InChI is InChI=1S/C20H34N2O3/c1-15-10-12-21(14-15)17(23)9-7-5-6-8-11-22-18(24)13-16(19(22)25)20(2,3)4/h15-16H,5-14H2,1-4H3/t15-,16?/m1/s1. The Morgan fingerprint density at radius 1 is 1.12 bits per heavy atom. The molecule has 2 aliphatic rings. The Hall–Kier alpha value is -1.39. The van der Waals surface area contributed by atoms with Crippen LogP contribution in [0.5, 0.6) is 0 Å². The van der Waals surface area contributed by atoms with Gasteiger partial charge in [-0.05, 0) is 30.6 Å². The number of rotatable bonds is 7. The highest BCUT2D eigenvalue weighted by Crippen LogP contribution is 2.35. The highest BCUT2D eigenvalue weighted by Gasteiger charge is 2.44. The van der Waals surface area contributed by atoms with Crippen molar-refractivity contribution in [3.8, 4) is 0 Å². The molecular weight excluding hydrogens is 316 g/mol. The first-order valence-electron chi connectivity index (χ1n) is 9.82. The SMILES string of the molecule is C[C@@H]1CCN(C(=O)CCCCCCN2C(=O)CC(C(C)(C)C)C2=O)C1. The molecule has 0 spiro atoms. The highest BCUT2D eigenvalue weighted by atomic mass is 16.2. The molecule has 2 heterocycles. The van der Waals surface area contributed by atoms with Gasteiger partial charge in [0, 0.05) is 32.5 Å². The Bertz CT molecular complexity index is 510. The number of imide groups is 1. The van der Waals surface area contributed by atoms with Crippen molar-refractivity contribution in [3.05, 3.63) is 0 Å². The maximum atomic E-state index is 12.4. The molecule has 0 aromatic heterocycles. The van der Waals surface area contributed by atoms with Gasteiger partial charge in [0.1, 0.15) is 0 Å². The Morgan fingerprint density at radius 2 is 1.80 bits per heavy atom. The summed E-state index contributed by atoms with van der Waals surface area (Å²) in [6.07, 6.45) is 5.78. The molecule has 142 valence electrons. The van der Waals surface area contributed by atoms with E-state index in [1.807, 2.05) is 25.7 Å². The fraction of sp³-hybridized carbons (Fsp3) is 0.850. The monoisotopic (exact) mass is 350 g/mol. The van der Waals surface area contributed by atoms with Crippen LogP contribution in [0.4, 0.5) is 0 Å². The van der Waals surface area contributed by atoms with Crippen molar-refractivity contribution in [3.63, 3.8) is 0 Å². The van der Waals surface area contributed by atoms with E-state index >= 15 is 0 Å². The highest BCUT2D eigenvalue weighted by molar-refractivity contribution is 6.03. The number of carbonyl (C=O) groups excluding carboxylic acids is 3. The molecule has 2 atom stereocenters. The van der Waals surface area contributed by atoms with E-state index in [9.17, 15) is 14.4 Å². The summed E-state index contributed by atoms with van der Waals surface area (Å²) in [5, 5.41) is 0. The molecular formula is C20H34N2O3. The summed E-state index contributed by atoms with van der Waals surface area (Å²) < 4.78 is 0. The van der Waals surface area contributed by atoms with Crippen molar-refractivity contribution in [2.24, 2.45) is 17.3 Å². The second-order valence-corrected chi connectivity index (χ2v) is 8.90. The third-order valence-corrected chi connectivity index (χ3v) is 5.59. The van der Waals surface area contributed by atoms with Crippen LogP contribution in [0.1, 0.15) is 72.6 Å². The van der Waals surface area contributed by atoms with E-state index in [1.165, 1.54) is 4.90 Å². The van der Waals surface area contributed by atoms with Crippen LogP contribution in [0.3, 0.4) is 0 Å². The van der Waals surface area contributed by atoms with E-state index in [4.69, 9.17) is 0 Å². The predicted octanol–water partition coefficient (Wildman–Crippen LogP) is 3.23. The van der Waals surface area contributed by atoms with Crippen molar-refractivity contribution >= 4 is 17.7 Å². The van der Waals surface area contributed by atoms with Crippen LogP contribution in [0.2, 0.25) is 0 Å². The van der Waals surface area contributed by atoms with Gasteiger partial charge in [0.2, 0.25) is 17.7 Å². The molecule has 25 heavy (non-hydrogen) atoms. The summed E-state index contributed by atoms with van der Waals surface area (Å²) in [6.45, 7) is 10.6. The van der Waals surface area contributed by atoms with Gasteiger partial charge in [-0.15, -0.1) is 0 Å². The van der Waals surface area contributed by atoms with Crippen LogP contribution in [0.25, 0.3) is 0 Å². The van der Waals surface area contributed by atoms with Crippen LogP contribution in [-0.2, 0) is 14.4 Å². The second kappa shape index (κ2) is 8.33. The van der Waals surface area contributed by atoms with Crippen molar-refractivity contribution in [1.82, 2.24) is 9.80 Å². The van der Waals surface area contributed by atoms with Crippen molar-refractivity contribution in [2.75, 3.05) is 19.6 Å². The van der Waals surface area contributed by atoms with E-state index in [0.29, 0.717) is 25.3 Å². The largest absolute Gasteiger partial charge is 0.342 e. The van der Waals surface area contributed by atoms with Crippen molar-refractivity contribution in [2.45, 2.75) is 72.6 Å². The van der Waals surface area contributed by atoms with Gasteiger partial charge in [-0.1, -0.05) is 40.5 Å². The van der Waals surface area contributed by atoms with E-state index in [0.717, 1.165) is 45.2 Å². The maximum absolute atomic E-state index is 12.4. The molecule has 2 aliphatic heterocycles. The molecule has 3 amide bonds. The zero-order valence-electron chi connectivity index (χ0n) is 16.3. The van der Waals surface area contributed by atoms with Gasteiger partial charge in [-0.2, -0.15) is 0 Å². The number of likely N-dealkylation sites (tertiary alicyclic amines) is 2. The number of nitrogens with zero attached hydrogens (tertiary/aromatic N) is 2. The minimum absolute atomic E-state index is 0.00386. The summed E-state index contributed by atoms with van der Waals surface area (Å²) in [5.74, 6) is 0.707. The lowest BCUT2D eigenvalue weighted by molar-refractivity contribution is -0.140.